The number of thiophene rings is 1. The summed E-state index contributed by atoms with van der Waals surface area (Å²) in [7, 11) is 0. The Morgan fingerprint density at radius 2 is 2.05 bits per heavy atom. The maximum absolute atomic E-state index is 3.56. The van der Waals surface area contributed by atoms with Crippen LogP contribution in [0.3, 0.4) is 0 Å². The van der Waals surface area contributed by atoms with Crippen LogP contribution in [0, 0.1) is 0 Å². The van der Waals surface area contributed by atoms with E-state index in [-0.39, 0.29) is 5.54 Å². The number of nitrogens with zero attached hydrogens (tertiary/aromatic N) is 1. The van der Waals surface area contributed by atoms with Gasteiger partial charge in [-0.15, -0.1) is 11.3 Å². The molecule has 106 valence electrons. The molecule has 3 rings (SSSR count). The van der Waals surface area contributed by atoms with E-state index in [1.54, 1.807) is 0 Å². The number of nitrogens with one attached hydrogen (secondary N) is 1. The van der Waals surface area contributed by atoms with Crippen LogP contribution in [-0.4, -0.2) is 31.1 Å². The van der Waals surface area contributed by atoms with Crippen LogP contribution in [0.5, 0.6) is 0 Å². The van der Waals surface area contributed by atoms with Crippen molar-refractivity contribution in [2.24, 2.45) is 0 Å². The van der Waals surface area contributed by atoms with E-state index in [2.05, 4.69) is 65.0 Å². The number of piperazine rings is 1. The summed E-state index contributed by atoms with van der Waals surface area (Å²) in [6, 6.07) is 15.3. The van der Waals surface area contributed by atoms with Gasteiger partial charge in [-0.25, -0.2) is 0 Å². The van der Waals surface area contributed by atoms with Gasteiger partial charge >= 0.3 is 0 Å². The Hall–Kier alpha value is -1.16. The third-order valence-electron chi connectivity index (χ3n) is 4.33. The van der Waals surface area contributed by atoms with Crippen molar-refractivity contribution in [1.82, 2.24) is 10.2 Å². The highest BCUT2D eigenvalue weighted by molar-refractivity contribution is 7.09. The first-order valence-corrected chi connectivity index (χ1v) is 8.21. The van der Waals surface area contributed by atoms with Crippen molar-refractivity contribution in [2.45, 2.75) is 18.9 Å². The highest BCUT2D eigenvalue weighted by atomic mass is 32.1. The molecule has 0 bridgehead atoms. The molecule has 0 spiro atoms. The lowest BCUT2D eigenvalue weighted by molar-refractivity contribution is 0.0745. The predicted octanol–water partition coefficient (Wildman–Crippen LogP) is 3.11. The molecule has 1 aliphatic heterocycles. The van der Waals surface area contributed by atoms with Crippen LogP contribution in [0.1, 0.15) is 17.4 Å². The Morgan fingerprint density at radius 1 is 1.20 bits per heavy atom. The highest BCUT2D eigenvalue weighted by Gasteiger charge is 2.35. The van der Waals surface area contributed by atoms with Crippen LogP contribution in [0.25, 0.3) is 0 Å². The molecule has 1 atom stereocenters. The van der Waals surface area contributed by atoms with E-state index < -0.39 is 0 Å². The van der Waals surface area contributed by atoms with Gasteiger partial charge in [-0.1, -0.05) is 36.4 Å². The quantitative estimate of drug-likeness (QED) is 0.929. The van der Waals surface area contributed by atoms with E-state index in [1.165, 1.54) is 10.4 Å². The standard InChI is InChI=1S/C17H22N2S/c1-17(15-6-3-2-4-7-15)14-18-10-12-19(17)11-9-16-8-5-13-20-16/h2-8,13,18H,9-12,14H2,1H3. The van der Waals surface area contributed by atoms with E-state index in [0.717, 1.165) is 32.6 Å². The van der Waals surface area contributed by atoms with E-state index in [1.807, 2.05) is 11.3 Å². The fourth-order valence-electron chi connectivity index (χ4n) is 3.04. The van der Waals surface area contributed by atoms with Crippen molar-refractivity contribution in [3.8, 4) is 0 Å². The van der Waals surface area contributed by atoms with E-state index in [9.17, 15) is 0 Å². The number of rotatable bonds is 4. The molecule has 20 heavy (non-hydrogen) atoms. The molecule has 1 aromatic heterocycles. The molecule has 1 aliphatic rings. The van der Waals surface area contributed by atoms with E-state index in [0.29, 0.717) is 0 Å². The number of hydrogen-bond donors (Lipinski definition) is 1. The maximum atomic E-state index is 3.56. The van der Waals surface area contributed by atoms with Crippen molar-refractivity contribution in [2.75, 3.05) is 26.2 Å². The smallest absolute Gasteiger partial charge is 0.0557 e. The minimum atomic E-state index is 0.108. The Balaban J connectivity index is 1.76. The van der Waals surface area contributed by atoms with Crippen molar-refractivity contribution in [3.05, 3.63) is 58.3 Å². The molecule has 2 nitrogen and oxygen atoms in total. The van der Waals surface area contributed by atoms with Crippen molar-refractivity contribution in [3.63, 3.8) is 0 Å². The Labute approximate surface area is 125 Å². The van der Waals surface area contributed by atoms with Crippen LogP contribution < -0.4 is 5.32 Å². The van der Waals surface area contributed by atoms with Gasteiger partial charge in [0, 0.05) is 31.1 Å². The average molecular weight is 286 g/mol. The van der Waals surface area contributed by atoms with Gasteiger partial charge < -0.3 is 5.32 Å². The fourth-order valence-corrected chi connectivity index (χ4v) is 3.74. The van der Waals surface area contributed by atoms with Gasteiger partial charge in [0.25, 0.3) is 0 Å². The molecular formula is C17H22N2S. The second-order valence-corrected chi connectivity index (χ2v) is 6.67. The summed E-state index contributed by atoms with van der Waals surface area (Å²) < 4.78 is 0. The zero-order valence-electron chi connectivity index (χ0n) is 12.0. The van der Waals surface area contributed by atoms with Gasteiger partial charge in [0.2, 0.25) is 0 Å². The third kappa shape index (κ3) is 2.80. The van der Waals surface area contributed by atoms with Crippen molar-refractivity contribution < 1.29 is 0 Å². The summed E-state index contributed by atoms with van der Waals surface area (Å²) in [5.74, 6) is 0. The molecule has 2 heterocycles. The van der Waals surface area contributed by atoms with Gasteiger partial charge in [-0.05, 0) is 30.4 Å². The molecule has 1 saturated heterocycles. The molecule has 1 fully saturated rings. The first kappa shape index (κ1) is 13.8. The van der Waals surface area contributed by atoms with Crippen LogP contribution in [0.15, 0.2) is 47.8 Å². The second-order valence-electron chi connectivity index (χ2n) is 5.63. The minimum absolute atomic E-state index is 0.108. The van der Waals surface area contributed by atoms with E-state index >= 15 is 0 Å². The number of hydrogen-bond acceptors (Lipinski definition) is 3. The highest BCUT2D eigenvalue weighted by Crippen LogP contribution is 2.29. The molecule has 0 amide bonds. The zero-order chi connectivity index (χ0) is 13.8. The first-order chi connectivity index (χ1) is 9.79. The summed E-state index contributed by atoms with van der Waals surface area (Å²) in [4.78, 5) is 4.12. The molecule has 0 aliphatic carbocycles. The van der Waals surface area contributed by atoms with Crippen molar-refractivity contribution >= 4 is 11.3 Å². The van der Waals surface area contributed by atoms with Crippen LogP contribution in [0.4, 0.5) is 0 Å². The second kappa shape index (κ2) is 6.08. The summed E-state index contributed by atoms with van der Waals surface area (Å²) in [5, 5.41) is 5.73. The lowest BCUT2D eigenvalue weighted by Crippen LogP contribution is -2.57. The summed E-state index contributed by atoms with van der Waals surface area (Å²) >= 11 is 1.87. The molecule has 3 heteroatoms. The van der Waals surface area contributed by atoms with Gasteiger partial charge in [0.05, 0.1) is 5.54 Å². The van der Waals surface area contributed by atoms with Gasteiger partial charge in [0.1, 0.15) is 0 Å². The average Bonchev–Trinajstić information content (AvgIpc) is 3.01. The monoisotopic (exact) mass is 286 g/mol. The molecule has 2 aromatic rings. The molecule has 1 N–H and O–H groups in total. The van der Waals surface area contributed by atoms with Gasteiger partial charge in [-0.3, -0.25) is 4.90 Å². The molecule has 0 radical (unpaired) electrons. The van der Waals surface area contributed by atoms with Gasteiger partial charge in [0.15, 0.2) is 0 Å². The number of benzene rings is 1. The Morgan fingerprint density at radius 3 is 2.80 bits per heavy atom. The maximum Gasteiger partial charge on any atom is 0.0557 e. The predicted molar refractivity (Wildman–Crippen MR) is 86.3 cm³/mol. The summed E-state index contributed by atoms with van der Waals surface area (Å²) in [5.41, 5.74) is 1.52. The van der Waals surface area contributed by atoms with Crippen LogP contribution >= 0.6 is 11.3 Å². The first-order valence-electron chi connectivity index (χ1n) is 7.33. The third-order valence-corrected chi connectivity index (χ3v) is 5.27. The Bertz CT molecular complexity index is 523. The largest absolute Gasteiger partial charge is 0.313 e. The van der Waals surface area contributed by atoms with Crippen molar-refractivity contribution in [1.29, 1.82) is 0 Å². The Kier molecular flexibility index (Phi) is 4.20. The lowest BCUT2D eigenvalue weighted by atomic mass is 9.88. The van der Waals surface area contributed by atoms with Crippen LogP contribution in [-0.2, 0) is 12.0 Å². The minimum Gasteiger partial charge on any atom is -0.313 e. The molecule has 1 unspecified atom stereocenters. The normalized spacial score (nSPS) is 23.9. The summed E-state index contributed by atoms with van der Waals surface area (Å²) in [6.45, 7) is 6.74. The molecule has 1 aromatic carbocycles. The zero-order valence-corrected chi connectivity index (χ0v) is 12.8. The van der Waals surface area contributed by atoms with E-state index in [4.69, 9.17) is 0 Å². The molecular weight excluding hydrogens is 264 g/mol. The van der Waals surface area contributed by atoms with Crippen LogP contribution in [0.2, 0.25) is 0 Å². The lowest BCUT2D eigenvalue weighted by Gasteiger charge is -2.45. The van der Waals surface area contributed by atoms with Gasteiger partial charge in [-0.2, -0.15) is 0 Å². The fraction of sp³-hybridized carbons (Fsp3) is 0.412. The summed E-state index contributed by atoms with van der Waals surface area (Å²) in [6.07, 6.45) is 1.15. The molecule has 0 saturated carbocycles. The SMILES string of the molecule is CC1(c2ccccc2)CNCCN1CCc1cccs1. The topological polar surface area (TPSA) is 15.3 Å².